The van der Waals surface area contributed by atoms with Crippen molar-refractivity contribution >= 4 is 17.6 Å². The van der Waals surface area contributed by atoms with Gasteiger partial charge in [-0.05, 0) is 23.8 Å². The van der Waals surface area contributed by atoms with Gasteiger partial charge in [0.1, 0.15) is 0 Å². The SMILES string of the molecule is CC.CSN(Cc1ccc(-c2noc(C(F)(F)F)n2)cc1)c1cccc(C(F)(F)F)c1. The van der Waals surface area contributed by atoms with Crippen molar-refractivity contribution in [2.45, 2.75) is 32.7 Å². The van der Waals surface area contributed by atoms with Crippen molar-refractivity contribution in [2.24, 2.45) is 0 Å². The smallest absolute Gasteiger partial charge is 0.329 e. The van der Waals surface area contributed by atoms with Gasteiger partial charge in [0.15, 0.2) is 0 Å². The number of halogens is 6. The van der Waals surface area contributed by atoms with E-state index in [1.165, 1.54) is 30.1 Å². The number of hydrogen-bond acceptors (Lipinski definition) is 5. The molecule has 4 nitrogen and oxygen atoms in total. The first-order chi connectivity index (χ1) is 14.6. The number of alkyl halides is 6. The van der Waals surface area contributed by atoms with Crippen molar-refractivity contribution in [3.05, 3.63) is 65.5 Å². The fourth-order valence-corrected chi connectivity index (χ4v) is 3.08. The highest BCUT2D eigenvalue weighted by atomic mass is 32.2. The van der Waals surface area contributed by atoms with E-state index in [1.54, 1.807) is 28.8 Å². The molecule has 11 heteroatoms. The second-order valence-corrected chi connectivity index (χ2v) is 6.69. The maximum Gasteiger partial charge on any atom is 0.471 e. The molecule has 2 aromatic carbocycles. The fraction of sp³-hybridized carbons (Fsp3) is 0.300. The van der Waals surface area contributed by atoms with Crippen LogP contribution >= 0.6 is 11.9 Å². The van der Waals surface area contributed by atoms with E-state index in [0.717, 1.165) is 17.7 Å². The Kier molecular flexibility index (Phi) is 7.99. The van der Waals surface area contributed by atoms with Gasteiger partial charge in [-0.25, -0.2) is 0 Å². The summed E-state index contributed by atoms with van der Waals surface area (Å²) >= 11 is 1.25. The van der Waals surface area contributed by atoms with Crippen LogP contribution in [-0.2, 0) is 18.9 Å². The number of benzene rings is 2. The molecule has 0 N–H and O–H groups in total. The molecule has 0 saturated heterocycles. The van der Waals surface area contributed by atoms with Crippen LogP contribution in [0.1, 0.15) is 30.9 Å². The van der Waals surface area contributed by atoms with Crippen molar-refractivity contribution in [1.82, 2.24) is 10.1 Å². The average Bonchev–Trinajstić information content (AvgIpc) is 3.24. The van der Waals surface area contributed by atoms with E-state index >= 15 is 0 Å². The summed E-state index contributed by atoms with van der Waals surface area (Å²) in [6.45, 7) is 4.28. The van der Waals surface area contributed by atoms with Crippen molar-refractivity contribution in [3.8, 4) is 11.4 Å². The molecule has 3 rings (SSSR count). The first-order valence-corrected chi connectivity index (χ1v) is 10.3. The molecule has 0 unspecified atom stereocenters. The molecule has 1 aromatic heterocycles. The summed E-state index contributed by atoms with van der Waals surface area (Å²) in [6, 6.07) is 11.3. The third-order valence-corrected chi connectivity index (χ3v) is 4.67. The van der Waals surface area contributed by atoms with Gasteiger partial charge >= 0.3 is 18.2 Å². The highest BCUT2D eigenvalue weighted by molar-refractivity contribution is 7.99. The minimum Gasteiger partial charge on any atom is -0.329 e. The van der Waals surface area contributed by atoms with Crippen LogP contribution in [0.25, 0.3) is 11.4 Å². The number of hydrogen-bond donors (Lipinski definition) is 0. The first-order valence-electron chi connectivity index (χ1n) is 9.07. The van der Waals surface area contributed by atoms with Gasteiger partial charge in [0.2, 0.25) is 5.82 Å². The number of rotatable bonds is 5. The summed E-state index contributed by atoms with van der Waals surface area (Å²) in [6.07, 6.45) is -7.44. The van der Waals surface area contributed by atoms with E-state index in [0.29, 0.717) is 11.3 Å². The Bertz CT molecular complexity index is 970. The number of nitrogens with zero attached hydrogens (tertiary/aromatic N) is 3. The molecule has 0 amide bonds. The van der Waals surface area contributed by atoms with Crippen LogP contribution in [0.3, 0.4) is 0 Å². The summed E-state index contributed by atoms with van der Waals surface area (Å²) in [5, 5.41) is 3.31. The zero-order chi connectivity index (χ0) is 23.2. The summed E-state index contributed by atoms with van der Waals surface area (Å²) in [4.78, 5) is 3.31. The van der Waals surface area contributed by atoms with Gasteiger partial charge in [0, 0.05) is 17.5 Å². The zero-order valence-electron chi connectivity index (χ0n) is 16.8. The molecule has 3 aromatic rings. The maximum absolute atomic E-state index is 12.9. The van der Waals surface area contributed by atoms with Crippen LogP contribution < -0.4 is 4.31 Å². The van der Waals surface area contributed by atoms with E-state index < -0.39 is 23.8 Å². The van der Waals surface area contributed by atoms with Crippen LogP contribution in [0.2, 0.25) is 0 Å². The highest BCUT2D eigenvalue weighted by Crippen LogP contribution is 2.34. The number of aromatic nitrogens is 2. The molecule has 0 fully saturated rings. The summed E-state index contributed by atoms with van der Waals surface area (Å²) < 4.78 is 82.3. The highest BCUT2D eigenvalue weighted by Gasteiger charge is 2.38. The molecular weight excluding hydrogens is 444 g/mol. The van der Waals surface area contributed by atoms with E-state index in [-0.39, 0.29) is 12.4 Å². The molecule has 0 radical (unpaired) electrons. The Morgan fingerprint density at radius 1 is 0.935 bits per heavy atom. The molecule has 0 aliphatic carbocycles. The van der Waals surface area contributed by atoms with E-state index in [9.17, 15) is 26.3 Å². The summed E-state index contributed by atoms with van der Waals surface area (Å²) in [5.41, 5.74) is 0.689. The standard InChI is InChI=1S/C18H13F6N3OS.C2H6/c1-29-27(14-4-2-3-13(9-14)17(19,20)21)10-11-5-7-12(8-6-11)15-25-16(28-26-15)18(22,23)24;1-2/h2-9H,10H2,1H3;1-2H3. The fourth-order valence-electron chi connectivity index (χ4n) is 2.48. The third-order valence-electron chi connectivity index (χ3n) is 3.89. The van der Waals surface area contributed by atoms with Crippen LogP contribution in [-0.4, -0.2) is 16.4 Å². The van der Waals surface area contributed by atoms with Gasteiger partial charge in [-0.15, -0.1) is 0 Å². The lowest BCUT2D eigenvalue weighted by Gasteiger charge is -2.22. The van der Waals surface area contributed by atoms with Crippen molar-refractivity contribution < 1.29 is 30.9 Å². The lowest BCUT2D eigenvalue weighted by molar-refractivity contribution is -0.159. The maximum atomic E-state index is 12.9. The Balaban J connectivity index is 0.00000166. The van der Waals surface area contributed by atoms with Gasteiger partial charge in [0.05, 0.1) is 12.1 Å². The molecule has 0 aliphatic rings. The van der Waals surface area contributed by atoms with Gasteiger partial charge in [-0.2, -0.15) is 31.3 Å². The van der Waals surface area contributed by atoms with Crippen molar-refractivity contribution in [1.29, 1.82) is 0 Å². The van der Waals surface area contributed by atoms with Gasteiger partial charge in [0.25, 0.3) is 0 Å². The van der Waals surface area contributed by atoms with E-state index in [2.05, 4.69) is 14.7 Å². The second-order valence-electron chi connectivity index (χ2n) is 5.89. The molecule has 1 heterocycles. The van der Waals surface area contributed by atoms with Gasteiger partial charge < -0.3 is 8.83 Å². The Labute approximate surface area is 179 Å². The predicted molar refractivity (Wildman–Crippen MR) is 107 cm³/mol. The zero-order valence-corrected chi connectivity index (χ0v) is 17.6. The normalized spacial score (nSPS) is 11.6. The molecule has 0 saturated carbocycles. The summed E-state index contributed by atoms with van der Waals surface area (Å²) in [5.74, 6) is -1.64. The lowest BCUT2D eigenvalue weighted by Crippen LogP contribution is -2.14. The monoisotopic (exact) mass is 463 g/mol. The Morgan fingerprint density at radius 3 is 2.10 bits per heavy atom. The Morgan fingerprint density at radius 2 is 1.58 bits per heavy atom. The third kappa shape index (κ3) is 6.39. The van der Waals surface area contributed by atoms with Crippen LogP contribution in [0.15, 0.2) is 53.1 Å². The van der Waals surface area contributed by atoms with Crippen molar-refractivity contribution in [3.63, 3.8) is 0 Å². The average molecular weight is 463 g/mol. The van der Waals surface area contributed by atoms with E-state index in [4.69, 9.17) is 0 Å². The molecule has 0 spiro atoms. The largest absolute Gasteiger partial charge is 0.471 e. The Hall–Kier alpha value is -2.69. The van der Waals surface area contributed by atoms with E-state index in [1.807, 2.05) is 13.8 Å². The minimum atomic E-state index is -4.73. The first kappa shape index (κ1) is 24.6. The molecule has 0 aliphatic heterocycles. The second kappa shape index (κ2) is 10.1. The topological polar surface area (TPSA) is 42.2 Å². The van der Waals surface area contributed by atoms with Gasteiger partial charge in [-0.1, -0.05) is 61.3 Å². The minimum absolute atomic E-state index is 0.205. The van der Waals surface area contributed by atoms with Crippen LogP contribution in [0.4, 0.5) is 32.0 Å². The molecular formula is C20H19F6N3OS. The molecule has 168 valence electrons. The van der Waals surface area contributed by atoms with Crippen LogP contribution in [0.5, 0.6) is 0 Å². The molecule has 31 heavy (non-hydrogen) atoms. The number of anilines is 1. The quantitative estimate of drug-likeness (QED) is 0.299. The predicted octanol–water partition coefficient (Wildman–Crippen LogP) is 7.09. The van der Waals surface area contributed by atoms with Crippen molar-refractivity contribution in [2.75, 3.05) is 10.6 Å². The lowest BCUT2D eigenvalue weighted by atomic mass is 10.1. The molecule has 0 atom stereocenters. The van der Waals surface area contributed by atoms with Crippen LogP contribution in [0, 0.1) is 0 Å². The van der Waals surface area contributed by atoms with Gasteiger partial charge in [-0.3, -0.25) is 0 Å². The summed E-state index contributed by atoms with van der Waals surface area (Å²) in [7, 11) is 0. The molecule has 0 bridgehead atoms.